The van der Waals surface area contributed by atoms with E-state index in [9.17, 15) is 14.7 Å². The molecule has 0 bridgehead atoms. The molecule has 1 saturated heterocycles. The molecule has 1 aliphatic heterocycles. The van der Waals surface area contributed by atoms with Gasteiger partial charge in [-0.2, -0.15) is 5.10 Å². The van der Waals surface area contributed by atoms with Crippen molar-refractivity contribution in [3.8, 4) is 11.1 Å². The number of hydrogen-bond donors (Lipinski definition) is 1. The summed E-state index contributed by atoms with van der Waals surface area (Å²) in [5.74, 6) is -0.223. The van der Waals surface area contributed by atoms with Gasteiger partial charge in [0.2, 0.25) is 0 Å². The van der Waals surface area contributed by atoms with Crippen molar-refractivity contribution in [3.63, 3.8) is 0 Å². The fourth-order valence-corrected chi connectivity index (χ4v) is 3.81. The van der Waals surface area contributed by atoms with E-state index >= 15 is 0 Å². The Bertz CT molecular complexity index is 1080. The van der Waals surface area contributed by atoms with Gasteiger partial charge in [0.15, 0.2) is 0 Å². The zero-order valence-corrected chi connectivity index (χ0v) is 16.0. The number of piperazine rings is 1. The molecule has 148 valence electrons. The lowest BCUT2D eigenvalue weighted by molar-refractivity contribution is -0.143. The summed E-state index contributed by atoms with van der Waals surface area (Å²) in [6, 6.07) is 13.6. The zero-order chi connectivity index (χ0) is 20.0. The number of fused-ring (bicyclic) bond motifs is 1. The second kappa shape index (κ2) is 6.70. The maximum atomic E-state index is 12.8. The van der Waals surface area contributed by atoms with Gasteiger partial charge in [0.25, 0.3) is 11.8 Å². The molecule has 0 radical (unpaired) electrons. The molecule has 7 nitrogen and oxygen atoms in total. The second-order valence-electron chi connectivity index (χ2n) is 7.81. The molecule has 2 amide bonds. The van der Waals surface area contributed by atoms with Gasteiger partial charge in [-0.15, -0.1) is 0 Å². The fourth-order valence-electron chi connectivity index (χ4n) is 3.81. The molecule has 5 rings (SSSR count). The van der Waals surface area contributed by atoms with Crippen LogP contribution in [0.5, 0.6) is 0 Å². The van der Waals surface area contributed by atoms with Gasteiger partial charge in [0.05, 0.1) is 5.52 Å². The first kappa shape index (κ1) is 17.9. The highest BCUT2D eigenvalue weighted by molar-refractivity contribution is 5.95. The van der Waals surface area contributed by atoms with Crippen LogP contribution in [0.25, 0.3) is 16.6 Å². The molecule has 1 aliphatic carbocycles. The standard InChI is InChI=1S/C22H22N4O3/c27-20(24-11-13-25(14-12-24)21(28)22(29)8-9-22)17-3-1-16(2-4-17)18-5-6-19-7-10-23-26(19)15-18/h1-7,10,15,29H,8-9,11-14H2. The van der Waals surface area contributed by atoms with E-state index < -0.39 is 5.60 Å². The van der Waals surface area contributed by atoms with E-state index in [4.69, 9.17) is 0 Å². The molecular formula is C22H22N4O3. The number of carbonyl (C=O) groups is 2. The first-order chi connectivity index (χ1) is 14.0. The molecule has 1 aromatic carbocycles. The number of rotatable bonds is 3. The molecule has 3 aromatic rings. The van der Waals surface area contributed by atoms with Crippen LogP contribution >= 0.6 is 0 Å². The van der Waals surface area contributed by atoms with Crippen molar-refractivity contribution in [2.45, 2.75) is 18.4 Å². The third-order valence-electron chi connectivity index (χ3n) is 5.84. The molecular weight excluding hydrogens is 368 g/mol. The molecule has 7 heteroatoms. The van der Waals surface area contributed by atoms with Crippen molar-refractivity contribution in [1.82, 2.24) is 19.4 Å². The molecule has 1 N–H and O–H groups in total. The van der Waals surface area contributed by atoms with Gasteiger partial charge in [0.1, 0.15) is 5.60 Å². The summed E-state index contributed by atoms with van der Waals surface area (Å²) in [4.78, 5) is 28.5. The van der Waals surface area contributed by atoms with Crippen LogP contribution < -0.4 is 0 Å². The number of benzene rings is 1. The molecule has 2 aliphatic rings. The van der Waals surface area contributed by atoms with Crippen LogP contribution in [-0.4, -0.2) is 68.1 Å². The van der Waals surface area contributed by atoms with Crippen LogP contribution in [0.2, 0.25) is 0 Å². The van der Waals surface area contributed by atoms with Crippen molar-refractivity contribution in [2.75, 3.05) is 26.2 Å². The van der Waals surface area contributed by atoms with Gasteiger partial charge in [-0.1, -0.05) is 18.2 Å². The Morgan fingerprint density at radius 3 is 2.21 bits per heavy atom. The SMILES string of the molecule is O=C(c1ccc(-c2ccc3ccnn3c2)cc1)N1CCN(C(=O)C2(O)CC2)CC1. The number of amides is 2. The molecule has 2 aromatic heterocycles. The van der Waals surface area contributed by atoms with E-state index in [1.165, 1.54) is 0 Å². The van der Waals surface area contributed by atoms with Crippen LogP contribution in [0.15, 0.2) is 54.9 Å². The molecule has 3 heterocycles. The number of carbonyl (C=O) groups excluding carboxylic acids is 2. The molecule has 0 atom stereocenters. The van der Waals surface area contributed by atoms with E-state index in [1.807, 2.05) is 53.2 Å². The van der Waals surface area contributed by atoms with Crippen molar-refractivity contribution >= 4 is 17.3 Å². The summed E-state index contributed by atoms with van der Waals surface area (Å²) >= 11 is 0. The van der Waals surface area contributed by atoms with Gasteiger partial charge < -0.3 is 14.9 Å². The molecule has 0 unspecified atom stereocenters. The molecule has 2 fully saturated rings. The third-order valence-corrected chi connectivity index (χ3v) is 5.84. The van der Waals surface area contributed by atoms with Gasteiger partial charge in [0, 0.05) is 49.7 Å². The summed E-state index contributed by atoms with van der Waals surface area (Å²) in [5.41, 5.74) is 2.58. The molecule has 1 saturated carbocycles. The van der Waals surface area contributed by atoms with E-state index in [0.717, 1.165) is 16.6 Å². The zero-order valence-electron chi connectivity index (χ0n) is 16.0. The number of aliphatic hydroxyl groups is 1. The van der Waals surface area contributed by atoms with Crippen LogP contribution in [-0.2, 0) is 4.79 Å². The largest absolute Gasteiger partial charge is 0.380 e. The van der Waals surface area contributed by atoms with E-state index in [1.54, 1.807) is 16.0 Å². The van der Waals surface area contributed by atoms with Crippen molar-refractivity contribution in [1.29, 1.82) is 0 Å². The summed E-state index contributed by atoms with van der Waals surface area (Å²) in [7, 11) is 0. The highest BCUT2D eigenvalue weighted by Gasteiger charge is 2.50. The number of nitrogens with zero attached hydrogens (tertiary/aromatic N) is 4. The second-order valence-corrected chi connectivity index (χ2v) is 7.81. The highest BCUT2D eigenvalue weighted by atomic mass is 16.3. The van der Waals surface area contributed by atoms with Crippen molar-refractivity contribution in [3.05, 3.63) is 60.4 Å². The molecule has 29 heavy (non-hydrogen) atoms. The Labute approximate surface area is 168 Å². The Morgan fingerprint density at radius 2 is 1.52 bits per heavy atom. The summed E-state index contributed by atoms with van der Waals surface area (Å²) in [6.45, 7) is 1.90. The topological polar surface area (TPSA) is 78.2 Å². The van der Waals surface area contributed by atoms with Crippen molar-refractivity contribution in [2.24, 2.45) is 0 Å². The lowest BCUT2D eigenvalue weighted by Gasteiger charge is -2.35. The van der Waals surface area contributed by atoms with Gasteiger partial charge >= 0.3 is 0 Å². The van der Waals surface area contributed by atoms with Crippen LogP contribution in [0, 0.1) is 0 Å². The van der Waals surface area contributed by atoms with Gasteiger partial charge in [-0.3, -0.25) is 9.59 Å². The average molecular weight is 390 g/mol. The number of hydrogen-bond acceptors (Lipinski definition) is 4. The monoisotopic (exact) mass is 390 g/mol. The minimum atomic E-state index is -1.14. The Hall–Kier alpha value is -3.19. The Morgan fingerprint density at radius 1 is 0.862 bits per heavy atom. The minimum absolute atomic E-state index is 0.0312. The maximum Gasteiger partial charge on any atom is 0.254 e. The lowest BCUT2D eigenvalue weighted by atomic mass is 10.0. The third kappa shape index (κ3) is 3.27. The predicted octanol–water partition coefficient (Wildman–Crippen LogP) is 1.81. The normalized spacial score (nSPS) is 18.1. The van der Waals surface area contributed by atoms with E-state index in [2.05, 4.69) is 5.10 Å². The first-order valence-corrected chi connectivity index (χ1v) is 9.88. The summed E-state index contributed by atoms with van der Waals surface area (Å²) in [6.07, 6.45) is 4.82. The Kier molecular flexibility index (Phi) is 4.13. The van der Waals surface area contributed by atoms with E-state index in [0.29, 0.717) is 44.6 Å². The smallest absolute Gasteiger partial charge is 0.254 e. The van der Waals surface area contributed by atoms with Crippen LogP contribution in [0.1, 0.15) is 23.2 Å². The predicted molar refractivity (Wildman–Crippen MR) is 107 cm³/mol. The van der Waals surface area contributed by atoms with Crippen LogP contribution in [0.3, 0.4) is 0 Å². The first-order valence-electron chi connectivity index (χ1n) is 9.88. The quantitative estimate of drug-likeness (QED) is 0.740. The average Bonchev–Trinajstić information content (AvgIpc) is 3.34. The summed E-state index contributed by atoms with van der Waals surface area (Å²) in [5, 5.41) is 14.3. The highest BCUT2D eigenvalue weighted by Crippen LogP contribution is 2.37. The lowest BCUT2D eigenvalue weighted by Crippen LogP contribution is -2.53. The van der Waals surface area contributed by atoms with Gasteiger partial charge in [-0.05, 0) is 42.7 Å². The molecule has 0 spiro atoms. The van der Waals surface area contributed by atoms with E-state index in [-0.39, 0.29) is 11.8 Å². The minimum Gasteiger partial charge on any atom is -0.380 e. The fraction of sp³-hybridized carbons (Fsp3) is 0.318. The van der Waals surface area contributed by atoms with Gasteiger partial charge in [-0.25, -0.2) is 4.52 Å². The summed E-state index contributed by atoms with van der Waals surface area (Å²) < 4.78 is 1.83. The number of aromatic nitrogens is 2. The number of pyridine rings is 1. The van der Waals surface area contributed by atoms with Crippen LogP contribution in [0.4, 0.5) is 0 Å². The Balaban J connectivity index is 1.25. The van der Waals surface area contributed by atoms with Crippen molar-refractivity contribution < 1.29 is 14.7 Å². The maximum absolute atomic E-state index is 12.8.